The molecule has 0 amide bonds. The Morgan fingerprint density at radius 2 is 1.92 bits per heavy atom. The molecule has 0 saturated carbocycles. The first kappa shape index (κ1) is 19.3. The standard InChI is InChI=1S/C16H22N4O6/c1-6-25-13(22)9-8-16(3,14(23)26-7-2)19-10-11(17-9)18-15(24-5)20(4)12(10)21/h8,17,19H,6-7H2,1-5H3/t16-/m1/s1. The Hall–Kier alpha value is -3.04. The summed E-state index contributed by atoms with van der Waals surface area (Å²) in [7, 11) is 2.84. The number of ether oxygens (including phenoxy) is 3. The van der Waals surface area contributed by atoms with Crippen molar-refractivity contribution in [1.82, 2.24) is 9.55 Å². The zero-order valence-electron chi connectivity index (χ0n) is 15.3. The van der Waals surface area contributed by atoms with E-state index in [4.69, 9.17) is 14.2 Å². The number of hydrogen-bond acceptors (Lipinski definition) is 9. The minimum absolute atomic E-state index is 0.000554. The number of esters is 2. The van der Waals surface area contributed by atoms with E-state index in [1.807, 2.05) is 0 Å². The minimum atomic E-state index is -1.49. The van der Waals surface area contributed by atoms with E-state index in [2.05, 4.69) is 15.6 Å². The molecule has 10 nitrogen and oxygen atoms in total. The van der Waals surface area contributed by atoms with E-state index in [-0.39, 0.29) is 36.4 Å². The maximum Gasteiger partial charge on any atom is 0.354 e. The predicted octanol–water partition coefficient (Wildman–Crippen LogP) is 0.395. The second kappa shape index (κ2) is 7.46. The number of aromatic nitrogens is 2. The summed E-state index contributed by atoms with van der Waals surface area (Å²) in [4.78, 5) is 41.6. The highest BCUT2D eigenvalue weighted by Gasteiger charge is 2.39. The molecule has 0 spiro atoms. The molecule has 142 valence electrons. The highest BCUT2D eigenvalue weighted by molar-refractivity contribution is 5.98. The van der Waals surface area contributed by atoms with E-state index < -0.39 is 23.0 Å². The molecule has 0 fully saturated rings. The number of anilines is 2. The van der Waals surface area contributed by atoms with E-state index in [0.29, 0.717) is 0 Å². The van der Waals surface area contributed by atoms with Gasteiger partial charge >= 0.3 is 17.9 Å². The van der Waals surface area contributed by atoms with Gasteiger partial charge in [-0.15, -0.1) is 0 Å². The summed E-state index contributed by atoms with van der Waals surface area (Å²) in [6, 6.07) is 0.0333. The summed E-state index contributed by atoms with van der Waals surface area (Å²) in [6.45, 7) is 5.08. The molecule has 26 heavy (non-hydrogen) atoms. The van der Waals surface area contributed by atoms with Crippen molar-refractivity contribution in [3.8, 4) is 6.01 Å². The summed E-state index contributed by atoms with van der Waals surface area (Å²) >= 11 is 0. The van der Waals surface area contributed by atoms with Crippen molar-refractivity contribution in [2.24, 2.45) is 7.05 Å². The highest BCUT2D eigenvalue weighted by Crippen LogP contribution is 2.29. The fraction of sp³-hybridized carbons (Fsp3) is 0.500. The zero-order valence-corrected chi connectivity index (χ0v) is 15.3. The van der Waals surface area contributed by atoms with Crippen molar-refractivity contribution in [3.63, 3.8) is 0 Å². The van der Waals surface area contributed by atoms with E-state index in [1.54, 1.807) is 13.8 Å². The lowest BCUT2D eigenvalue weighted by Crippen LogP contribution is -2.44. The van der Waals surface area contributed by atoms with Gasteiger partial charge in [-0.05, 0) is 26.8 Å². The van der Waals surface area contributed by atoms with Crippen LogP contribution in [0.1, 0.15) is 20.8 Å². The molecule has 0 radical (unpaired) electrons. The highest BCUT2D eigenvalue weighted by atomic mass is 16.5. The second-order valence-corrected chi connectivity index (χ2v) is 5.64. The molecular weight excluding hydrogens is 344 g/mol. The number of carbonyl (C=O) groups is 2. The van der Waals surface area contributed by atoms with Crippen LogP contribution >= 0.6 is 0 Å². The number of methoxy groups -OCH3 is 1. The van der Waals surface area contributed by atoms with Crippen LogP contribution in [0.4, 0.5) is 11.5 Å². The molecule has 0 saturated heterocycles. The van der Waals surface area contributed by atoms with Gasteiger partial charge in [-0.3, -0.25) is 9.36 Å². The zero-order chi connectivity index (χ0) is 19.5. The first-order valence-corrected chi connectivity index (χ1v) is 8.04. The fourth-order valence-electron chi connectivity index (χ4n) is 2.43. The maximum absolute atomic E-state index is 12.7. The summed E-state index contributed by atoms with van der Waals surface area (Å²) in [5.41, 5.74) is -2.03. The maximum atomic E-state index is 12.7. The third kappa shape index (κ3) is 3.48. The van der Waals surface area contributed by atoms with E-state index in [0.717, 1.165) is 0 Å². The van der Waals surface area contributed by atoms with Crippen LogP contribution in [0, 0.1) is 0 Å². The van der Waals surface area contributed by atoms with Crippen molar-refractivity contribution >= 4 is 23.4 Å². The van der Waals surface area contributed by atoms with Crippen LogP contribution in [0.5, 0.6) is 6.01 Å². The SMILES string of the molecule is CCOC(=O)C1=C[C@](C)(C(=O)OCC)Nc2c(nc(OC)n(C)c2=O)N1. The molecule has 1 aromatic rings. The molecule has 1 aliphatic rings. The molecule has 1 atom stereocenters. The summed E-state index contributed by atoms with van der Waals surface area (Å²) in [5.74, 6) is -1.31. The van der Waals surface area contributed by atoms with Gasteiger partial charge in [0.1, 0.15) is 11.4 Å². The lowest BCUT2D eigenvalue weighted by molar-refractivity contribution is -0.146. The van der Waals surface area contributed by atoms with Crippen LogP contribution in [-0.2, 0) is 26.1 Å². The lowest BCUT2D eigenvalue weighted by atomic mass is 10.0. The Labute approximate surface area is 150 Å². The molecular formula is C16H22N4O6. The van der Waals surface area contributed by atoms with Crippen molar-refractivity contribution in [1.29, 1.82) is 0 Å². The quantitative estimate of drug-likeness (QED) is 0.713. The van der Waals surface area contributed by atoms with Gasteiger partial charge in [-0.1, -0.05) is 0 Å². The molecule has 1 aromatic heterocycles. The van der Waals surface area contributed by atoms with Gasteiger partial charge < -0.3 is 24.8 Å². The lowest BCUT2D eigenvalue weighted by Gasteiger charge is -2.25. The Kier molecular flexibility index (Phi) is 5.53. The molecule has 1 aliphatic heterocycles. The normalized spacial score (nSPS) is 18.4. The largest absolute Gasteiger partial charge is 0.468 e. The van der Waals surface area contributed by atoms with Crippen molar-refractivity contribution in [3.05, 3.63) is 22.1 Å². The van der Waals surface area contributed by atoms with Crippen LogP contribution in [-0.4, -0.2) is 47.4 Å². The summed E-state index contributed by atoms with van der Waals surface area (Å²) in [6.07, 6.45) is 1.32. The van der Waals surface area contributed by atoms with Crippen LogP contribution in [0.2, 0.25) is 0 Å². The van der Waals surface area contributed by atoms with Crippen LogP contribution in [0.3, 0.4) is 0 Å². The van der Waals surface area contributed by atoms with E-state index in [1.165, 1.54) is 31.7 Å². The molecule has 0 aliphatic carbocycles. The number of nitrogens with zero attached hydrogens (tertiary/aromatic N) is 2. The number of fused-ring (bicyclic) bond motifs is 1. The minimum Gasteiger partial charge on any atom is -0.468 e. The molecule has 10 heteroatoms. The fourth-order valence-corrected chi connectivity index (χ4v) is 2.43. The second-order valence-electron chi connectivity index (χ2n) is 5.64. The average molecular weight is 366 g/mol. The van der Waals surface area contributed by atoms with Gasteiger partial charge in [-0.25, -0.2) is 9.59 Å². The number of rotatable bonds is 5. The van der Waals surface area contributed by atoms with Crippen LogP contribution < -0.4 is 20.9 Å². The van der Waals surface area contributed by atoms with Crippen LogP contribution in [0.15, 0.2) is 16.6 Å². The topological polar surface area (TPSA) is 121 Å². The first-order chi connectivity index (χ1) is 12.3. The number of carbonyl (C=O) groups excluding carboxylic acids is 2. The predicted molar refractivity (Wildman–Crippen MR) is 93.0 cm³/mol. The van der Waals surface area contributed by atoms with E-state index in [9.17, 15) is 14.4 Å². The molecule has 0 bridgehead atoms. The first-order valence-electron chi connectivity index (χ1n) is 8.04. The Morgan fingerprint density at radius 3 is 2.50 bits per heavy atom. The molecule has 2 rings (SSSR count). The molecule has 0 unspecified atom stereocenters. The smallest absolute Gasteiger partial charge is 0.354 e. The summed E-state index contributed by atoms with van der Waals surface area (Å²) in [5, 5.41) is 5.59. The Morgan fingerprint density at radius 1 is 1.27 bits per heavy atom. The van der Waals surface area contributed by atoms with Crippen LogP contribution in [0.25, 0.3) is 0 Å². The van der Waals surface area contributed by atoms with Crippen molar-refractivity contribution in [2.45, 2.75) is 26.3 Å². The Bertz CT molecular complexity index is 816. The van der Waals surface area contributed by atoms with Crippen molar-refractivity contribution < 1.29 is 23.8 Å². The van der Waals surface area contributed by atoms with E-state index >= 15 is 0 Å². The monoisotopic (exact) mass is 366 g/mol. The van der Waals surface area contributed by atoms with Gasteiger partial charge in [0, 0.05) is 7.05 Å². The molecule has 2 N–H and O–H groups in total. The van der Waals surface area contributed by atoms with Crippen molar-refractivity contribution in [2.75, 3.05) is 31.0 Å². The van der Waals surface area contributed by atoms with Gasteiger partial charge in [0.2, 0.25) is 0 Å². The van der Waals surface area contributed by atoms with Gasteiger partial charge in [0.05, 0.1) is 20.3 Å². The average Bonchev–Trinajstić information content (AvgIpc) is 2.76. The molecule has 0 aromatic carbocycles. The Balaban J connectivity index is 2.66. The third-order valence-electron chi connectivity index (χ3n) is 3.70. The number of hydrogen-bond donors (Lipinski definition) is 2. The van der Waals surface area contributed by atoms with Gasteiger partial charge in [0.25, 0.3) is 5.56 Å². The molecule has 2 heterocycles. The van der Waals surface area contributed by atoms with Gasteiger partial charge in [0.15, 0.2) is 11.4 Å². The summed E-state index contributed by atoms with van der Waals surface area (Å²) < 4.78 is 16.3. The number of nitrogens with one attached hydrogen (secondary N) is 2. The third-order valence-corrected chi connectivity index (χ3v) is 3.70. The van der Waals surface area contributed by atoms with Gasteiger partial charge in [-0.2, -0.15) is 4.98 Å².